The molecule has 9 nitrogen and oxygen atoms in total. The van der Waals surface area contributed by atoms with Crippen LogP contribution in [-0.4, -0.2) is 54.2 Å². The highest BCUT2D eigenvalue weighted by Crippen LogP contribution is 2.16. The van der Waals surface area contributed by atoms with Crippen molar-refractivity contribution in [2.24, 2.45) is 0 Å². The molecule has 27 heavy (non-hydrogen) atoms. The van der Waals surface area contributed by atoms with Crippen LogP contribution in [0.15, 0.2) is 30.6 Å². The number of rotatable bonds is 8. The SMILES string of the molecule is C=O.O=C(O)c1cn(CC(F)CCc2nnc(Cc3ccccn3)s2)nn1. The monoisotopic (exact) mass is 392 g/mol. The van der Waals surface area contributed by atoms with E-state index in [1.807, 2.05) is 25.0 Å². The summed E-state index contributed by atoms with van der Waals surface area (Å²) in [7, 11) is 0. The Morgan fingerprint density at radius 2 is 2.04 bits per heavy atom. The molecule has 0 radical (unpaired) electrons. The lowest BCUT2D eigenvalue weighted by Gasteiger charge is -2.05. The summed E-state index contributed by atoms with van der Waals surface area (Å²) in [5.74, 6) is -1.18. The van der Waals surface area contributed by atoms with Gasteiger partial charge < -0.3 is 9.90 Å². The van der Waals surface area contributed by atoms with E-state index in [2.05, 4.69) is 25.5 Å². The number of aromatic carboxylic acids is 1. The molecule has 11 heteroatoms. The predicted molar refractivity (Wildman–Crippen MR) is 94.3 cm³/mol. The number of hydrogen-bond donors (Lipinski definition) is 1. The van der Waals surface area contributed by atoms with Crippen molar-refractivity contribution in [3.05, 3.63) is 52.0 Å². The van der Waals surface area contributed by atoms with Crippen LogP contribution in [0.5, 0.6) is 0 Å². The summed E-state index contributed by atoms with van der Waals surface area (Å²) in [6.45, 7) is 1.96. The first-order valence-electron chi connectivity index (χ1n) is 7.87. The summed E-state index contributed by atoms with van der Waals surface area (Å²) in [6.07, 6.45) is 3.08. The Hall–Kier alpha value is -3.08. The fourth-order valence-corrected chi connectivity index (χ4v) is 3.05. The van der Waals surface area contributed by atoms with Crippen molar-refractivity contribution < 1.29 is 19.1 Å². The minimum Gasteiger partial charge on any atom is -0.476 e. The number of carbonyl (C=O) groups excluding carboxylic acids is 1. The van der Waals surface area contributed by atoms with Gasteiger partial charge in [-0.2, -0.15) is 0 Å². The van der Waals surface area contributed by atoms with Gasteiger partial charge >= 0.3 is 5.97 Å². The van der Waals surface area contributed by atoms with Crippen LogP contribution in [0, 0.1) is 0 Å². The fraction of sp³-hybridized carbons (Fsp3) is 0.312. The third-order valence-corrected chi connectivity index (χ3v) is 4.36. The van der Waals surface area contributed by atoms with E-state index in [-0.39, 0.29) is 18.7 Å². The molecule has 1 atom stereocenters. The van der Waals surface area contributed by atoms with Crippen LogP contribution in [0.1, 0.15) is 32.6 Å². The zero-order valence-corrected chi connectivity index (χ0v) is 15.0. The highest BCUT2D eigenvalue weighted by molar-refractivity contribution is 7.11. The second-order valence-electron chi connectivity index (χ2n) is 5.35. The Bertz CT molecular complexity index is 857. The van der Waals surface area contributed by atoms with Crippen LogP contribution >= 0.6 is 11.3 Å². The van der Waals surface area contributed by atoms with Crippen LogP contribution in [0.2, 0.25) is 0 Å². The fourth-order valence-electron chi connectivity index (χ4n) is 2.18. The molecule has 0 aliphatic heterocycles. The Morgan fingerprint density at radius 1 is 1.26 bits per heavy atom. The first-order chi connectivity index (χ1) is 13.1. The second-order valence-corrected chi connectivity index (χ2v) is 6.50. The number of aryl methyl sites for hydroxylation is 1. The van der Waals surface area contributed by atoms with Gasteiger partial charge in [-0.1, -0.05) is 11.3 Å². The molecule has 0 aliphatic rings. The maximum atomic E-state index is 14.0. The van der Waals surface area contributed by atoms with Gasteiger partial charge in [0.15, 0.2) is 5.69 Å². The Kier molecular flexibility index (Phi) is 7.62. The Balaban J connectivity index is 0.00000126. The van der Waals surface area contributed by atoms with E-state index >= 15 is 0 Å². The molecular weight excluding hydrogens is 375 g/mol. The first kappa shape index (κ1) is 20.2. The van der Waals surface area contributed by atoms with E-state index < -0.39 is 12.1 Å². The van der Waals surface area contributed by atoms with Gasteiger partial charge in [0.25, 0.3) is 0 Å². The molecule has 0 amide bonds. The normalized spacial score (nSPS) is 11.4. The van der Waals surface area contributed by atoms with Gasteiger partial charge in [-0.25, -0.2) is 13.9 Å². The van der Waals surface area contributed by atoms with Crippen molar-refractivity contribution in [2.75, 3.05) is 0 Å². The summed E-state index contributed by atoms with van der Waals surface area (Å²) in [5.41, 5.74) is 0.712. The van der Waals surface area contributed by atoms with Gasteiger partial charge in [0, 0.05) is 24.7 Å². The van der Waals surface area contributed by atoms with Crippen molar-refractivity contribution in [2.45, 2.75) is 32.0 Å². The molecule has 1 N–H and O–H groups in total. The van der Waals surface area contributed by atoms with E-state index in [0.717, 1.165) is 15.7 Å². The maximum absolute atomic E-state index is 14.0. The number of aromatic nitrogens is 6. The smallest absolute Gasteiger partial charge is 0.358 e. The van der Waals surface area contributed by atoms with E-state index in [1.54, 1.807) is 6.20 Å². The topological polar surface area (TPSA) is 124 Å². The van der Waals surface area contributed by atoms with Crippen molar-refractivity contribution in [1.82, 2.24) is 30.2 Å². The van der Waals surface area contributed by atoms with Gasteiger partial charge in [-0.3, -0.25) is 4.98 Å². The van der Waals surface area contributed by atoms with Gasteiger partial charge in [0.2, 0.25) is 0 Å². The van der Waals surface area contributed by atoms with Gasteiger partial charge in [0.1, 0.15) is 23.0 Å². The lowest BCUT2D eigenvalue weighted by Crippen LogP contribution is -2.13. The van der Waals surface area contributed by atoms with Gasteiger partial charge in [0.05, 0.1) is 12.7 Å². The minimum atomic E-state index is -1.18. The van der Waals surface area contributed by atoms with Crippen molar-refractivity contribution in [1.29, 1.82) is 0 Å². The largest absolute Gasteiger partial charge is 0.476 e. The molecule has 0 spiro atoms. The molecule has 0 aliphatic carbocycles. The lowest BCUT2D eigenvalue weighted by atomic mass is 10.2. The second kappa shape index (κ2) is 10.2. The van der Waals surface area contributed by atoms with Crippen LogP contribution < -0.4 is 0 Å². The highest BCUT2D eigenvalue weighted by Gasteiger charge is 2.14. The number of alkyl halides is 1. The summed E-state index contributed by atoms with van der Waals surface area (Å²) in [4.78, 5) is 23.0. The van der Waals surface area contributed by atoms with E-state index in [0.29, 0.717) is 12.8 Å². The molecule has 1 unspecified atom stereocenters. The number of carbonyl (C=O) groups is 2. The number of carboxylic acid groups (broad SMARTS) is 1. The zero-order chi connectivity index (χ0) is 19.6. The number of nitrogens with zero attached hydrogens (tertiary/aromatic N) is 6. The van der Waals surface area contributed by atoms with Crippen LogP contribution in [0.4, 0.5) is 4.39 Å². The average molecular weight is 392 g/mol. The molecule has 3 aromatic rings. The molecule has 3 rings (SSSR count). The summed E-state index contributed by atoms with van der Waals surface area (Å²) >= 11 is 1.44. The molecule has 3 heterocycles. The maximum Gasteiger partial charge on any atom is 0.358 e. The third kappa shape index (κ3) is 6.29. The van der Waals surface area contributed by atoms with E-state index in [4.69, 9.17) is 9.90 Å². The van der Waals surface area contributed by atoms with Crippen molar-refractivity contribution >= 4 is 24.1 Å². The first-order valence-corrected chi connectivity index (χ1v) is 8.69. The Labute approximate surface area is 157 Å². The Morgan fingerprint density at radius 3 is 2.70 bits per heavy atom. The predicted octanol–water partition coefficient (Wildman–Crippen LogP) is 1.60. The molecule has 0 saturated heterocycles. The molecular formula is C16H17FN6O3S. The molecule has 0 aromatic carbocycles. The third-order valence-electron chi connectivity index (χ3n) is 3.38. The quantitative estimate of drug-likeness (QED) is 0.613. The van der Waals surface area contributed by atoms with Gasteiger partial charge in [-0.15, -0.1) is 26.6 Å². The van der Waals surface area contributed by atoms with Crippen molar-refractivity contribution in [3.8, 4) is 0 Å². The molecule has 0 fully saturated rings. The van der Waals surface area contributed by atoms with Gasteiger partial charge in [-0.05, 0) is 18.6 Å². The zero-order valence-electron chi connectivity index (χ0n) is 14.2. The highest BCUT2D eigenvalue weighted by atomic mass is 32.1. The van der Waals surface area contributed by atoms with Crippen molar-refractivity contribution in [3.63, 3.8) is 0 Å². The molecule has 0 bridgehead atoms. The number of carboxylic acids is 1. The summed E-state index contributed by atoms with van der Waals surface area (Å²) in [6, 6.07) is 5.69. The molecule has 0 saturated carbocycles. The number of pyridine rings is 1. The number of hydrogen-bond acceptors (Lipinski definition) is 8. The van der Waals surface area contributed by atoms with Crippen LogP contribution in [0.3, 0.4) is 0 Å². The molecule has 142 valence electrons. The summed E-state index contributed by atoms with van der Waals surface area (Å²) in [5, 5.41) is 25.6. The van der Waals surface area contributed by atoms with E-state index in [1.165, 1.54) is 22.2 Å². The lowest BCUT2D eigenvalue weighted by molar-refractivity contribution is -0.0980. The molecule has 3 aromatic heterocycles. The van der Waals surface area contributed by atoms with E-state index in [9.17, 15) is 9.18 Å². The number of halogens is 1. The standard InChI is InChI=1S/C15H15FN6O2S.CH2O/c16-10(8-22-9-12(15(23)24)18-21-22)4-5-13-19-20-14(25-13)7-11-3-1-2-6-17-11;1-2/h1-3,6,9-10H,4-5,7-8H2,(H,23,24);1H2. The minimum absolute atomic E-state index is 0.0418. The summed E-state index contributed by atoms with van der Waals surface area (Å²) < 4.78 is 15.2. The average Bonchev–Trinajstić information content (AvgIpc) is 3.32. The van der Waals surface area contributed by atoms with Crippen LogP contribution in [0.25, 0.3) is 0 Å². The van der Waals surface area contributed by atoms with Crippen LogP contribution in [-0.2, 0) is 24.2 Å².